The molecule has 59 heavy (non-hydrogen) atoms. The van der Waals surface area contributed by atoms with E-state index in [0.717, 1.165) is 77.0 Å². The van der Waals surface area contributed by atoms with Crippen molar-refractivity contribution in [1.82, 2.24) is 0 Å². The summed E-state index contributed by atoms with van der Waals surface area (Å²) in [7, 11) is 1.01. The number of Topliss-reactive ketones (excluding diaryl/α,β-unsaturated/α-hetero) is 1. The normalized spacial score (nSPS) is 19.5. The highest BCUT2D eigenvalue weighted by molar-refractivity contribution is 7.45. The molecule has 1 aliphatic carbocycles. The van der Waals surface area contributed by atoms with Gasteiger partial charge in [-0.2, -0.15) is 0 Å². The first-order valence-electron chi connectivity index (χ1n) is 22.8. The van der Waals surface area contributed by atoms with Crippen LogP contribution in [0.25, 0.3) is 0 Å². The van der Waals surface area contributed by atoms with Crippen LogP contribution in [0.3, 0.4) is 0 Å². The summed E-state index contributed by atoms with van der Waals surface area (Å²) in [6.45, 7) is 3.80. The molecule has 342 valence electrons. The van der Waals surface area contributed by atoms with E-state index in [4.69, 9.17) is 18.5 Å². The van der Waals surface area contributed by atoms with Crippen molar-refractivity contribution in [2.24, 2.45) is 11.8 Å². The SMILES string of the molecule is CCCCC/C=C\C/C=C\CCCCCCCC(=O)OC[C@H](COP(=O)([O-])OCC[N+](C)(C)C)OC(=O)CCCCCC[C@H]1[C@@H](O)CC(=O)[C@@H]1/C=C/[C@@H](O)CCCCC. The maximum absolute atomic E-state index is 12.8. The third-order valence-electron chi connectivity index (χ3n) is 10.5. The molecular formula is C46H82NO11P. The summed E-state index contributed by atoms with van der Waals surface area (Å²) in [5, 5.41) is 20.8. The van der Waals surface area contributed by atoms with Gasteiger partial charge in [-0.05, 0) is 63.7 Å². The Labute approximate surface area is 357 Å². The zero-order chi connectivity index (χ0) is 43.8. The van der Waals surface area contributed by atoms with Crippen molar-refractivity contribution in [2.75, 3.05) is 47.5 Å². The fourth-order valence-electron chi connectivity index (χ4n) is 6.88. The molecule has 0 bridgehead atoms. The summed E-state index contributed by atoms with van der Waals surface area (Å²) in [5.74, 6) is -1.61. The molecule has 0 aliphatic heterocycles. The summed E-state index contributed by atoms with van der Waals surface area (Å²) >= 11 is 0. The van der Waals surface area contributed by atoms with E-state index in [9.17, 15) is 34.1 Å². The second-order valence-corrected chi connectivity index (χ2v) is 18.6. The van der Waals surface area contributed by atoms with E-state index in [2.05, 4.69) is 38.2 Å². The Bertz CT molecular complexity index is 1260. The van der Waals surface area contributed by atoms with Gasteiger partial charge in [0.1, 0.15) is 25.5 Å². The molecule has 1 fully saturated rings. The summed E-state index contributed by atoms with van der Waals surface area (Å²) in [4.78, 5) is 50.3. The first-order valence-corrected chi connectivity index (χ1v) is 24.3. The quantitative estimate of drug-likeness (QED) is 0.0201. The van der Waals surface area contributed by atoms with Crippen LogP contribution in [0.15, 0.2) is 36.5 Å². The lowest BCUT2D eigenvalue weighted by molar-refractivity contribution is -0.870. The van der Waals surface area contributed by atoms with Crippen molar-refractivity contribution in [3.05, 3.63) is 36.5 Å². The zero-order valence-electron chi connectivity index (χ0n) is 37.4. The number of unbranched alkanes of at least 4 members (excludes halogenated alkanes) is 13. The number of phosphoric ester groups is 1. The molecule has 0 spiro atoms. The van der Waals surface area contributed by atoms with Crippen LogP contribution in [0.4, 0.5) is 0 Å². The Hall–Kier alpha value is -2.18. The molecule has 0 amide bonds. The minimum absolute atomic E-state index is 0.00273. The fraction of sp³-hybridized carbons (Fsp3) is 0.804. The summed E-state index contributed by atoms with van der Waals surface area (Å²) in [6.07, 6.45) is 29.3. The number of aliphatic hydroxyl groups is 2. The van der Waals surface area contributed by atoms with Crippen LogP contribution in [0.2, 0.25) is 0 Å². The van der Waals surface area contributed by atoms with Crippen molar-refractivity contribution < 1.29 is 57.1 Å². The Kier molecular flexibility index (Phi) is 31.1. The van der Waals surface area contributed by atoms with Crippen molar-refractivity contribution in [3.8, 4) is 0 Å². The van der Waals surface area contributed by atoms with Crippen molar-refractivity contribution in [3.63, 3.8) is 0 Å². The van der Waals surface area contributed by atoms with Crippen LogP contribution >= 0.6 is 7.82 Å². The van der Waals surface area contributed by atoms with Crippen LogP contribution in [-0.2, 0) is 37.5 Å². The Morgan fingerprint density at radius 3 is 2.07 bits per heavy atom. The monoisotopic (exact) mass is 856 g/mol. The van der Waals surface area contributed by atoms with Gasteiger partial charge in [-0.15, -0.1) is 0 Å². The predicted molar refractivity (Wildman–Crippen MR) is 232 cm³/mol. The molecule has 13 heteroatoms. The molecular weight excluding hydrogens is 773 g/mol. The summed E-state index contributed by atoms with van der Waals surface area (Å²) in [6, 6.07) is 0. The smallest absolute Gasteiger partial charge is 0.306 e. The van der Waals surface area contributed by atoms with E-state index in [1.807, 2.05) is 21.1 Å². The highest BCUT2D eigenvalue weighted by atomic mass is 31.2. The van der Waals surface area contributed by atoms with Gasteiger partial charge in [0.2, 0.25) is 0 Å². The van der Waals surface area contributed by atoms with E-state index in [1.165, 1.54) is 19.3 Å². The van der Waals surface area contributed by atoms with Crippen molar-refractivity contribution in [2.45, 2.75) is 180 Å². The number of aliphatic hydroxyl groups excluding tert-OH is 2. The van der Waals surface area contributed by atoms with Gasteiger partial charge < -0.3 is 38.1 Å². The Balaban J connectivity index is 2.48. The maximum atomic E-state index is 12.8. The molecule has 0 heterocycles. The molecule has 0 aromatic carbocycles. The van der Waals surface area contributed by atoms with E-state index >= 15 is 0 Å². The second kappa shape index (κ2) is 33.4. The van der Waals surface area contributed by atoms with E-state index < -0.39 is 50.6 Å². The van der Waals surface area contributed by atoms with Crippen molar-refractivity contribution in [1.29, 1.82) is 0 Å². The van der Waals surface area contributed by atoms with Gasteiger partial charge in [0.15, 0.2) is 6.10 Å². The number of carbonyl (C=O) groups excluding carboxylic acids is 3. The first-order chi connectivity index (χ1) is 28.2. The molecule has 1 aliphatic rings. The van der Waals surface area contributed by atoms with Gasteiger partial charge >= 0.3 is 11.9 Å². The average molecular weight is 856 g/mol. The number of nitrogens with zero attached hydrogens (tertiary/aromatic N) is 1. The standard InChI is InChI=1S/C46H82NO11P/c1-6-8-10-11-12-13-14-15-16-17-18-19-20-21-26-30-45(51)55-37-40(38-57-59(53,54)56-35-34-47(3,4)5)58-46(52)31-27-23-22-25-29-41-42(44(50)36-43(41)49)33-32-39(48)28-24-9-7-2/h12-13,15-16,32-33,39-43,48-49H,6-11,14,17-31,34-38H2,1-5H3/b13-12-,16-15-,33-32+/t39-,40+,41+,42+,43-/m0/s1. The average Bonchev–Trinajstić information content (AvgIpc) is 3.44. The Morgan fingerprint density at radius 1 is 0.814 bits per heavy atom. The van der Waals surface area contributed by atoms with E-state index in [0.29, 0.717) is 43.1 Å². The lowest BCUT2D eigenvalue weighted by Crippen LogP contribution is -2.37. The first kappa shape index (κ1) is 54.8. The third kappa shape index (κ3) is 30.5. The number of rotatable bonds is 37. The largest absolute Gasteiger partial charge is 0.756 e. The van der Waals surface area contributed by atoms with Crippen molar-refractivity contribution >= 4 is 25.5 Å². The molecule has 6 atom stereocenters. The fourth-order valence-corrected chi connectivity index (χ4v) is 7.61. The van der Waals surface area contributed by atoms with Crippen LogP contribution in [0.5, 0.6) is 0 Å². The zero-order valence-corrected chi connectivity index (χ0v) is 38.3. The van der Waals surface area contributed by atoms with Gasteiger partial charge in [-0.25, -0.2) is 0 Å². The van der Waals surface area contributed by atoms with Crippen LogP contribution in [0, 0.1) is 11.8 Å². The van der Waals surface area contributed by atoms with Gasteiger partial charge in [0.25, 0.3) is 7.82 Å². The maximum Gasteiger partial charge on any atom is 0.306 e. The Morgan fingerprint density at radius 2 is 1.41 bits per heavy atom. The summed E-state index contributed by atoms with van der Waals surface area (Å²) in [5.41, 5.74) is 0. The highest BCUT2D eigenvalue weighted by Gasteiger charge is 2.39. The number of phosphoric acid groups is 1. The highest BCUT2D eigenvalue weighted by Crippen LogP contribution is 2.38. The number of ketones is 1. The summed E-state index contributed by atoms with van der Waals surface area (Å²) < 4.78 is 33.9. The predicted octanol–water partition coefficient (Wildman–Crippen LogP) is 8.87. The molecule has 2 N–H and O–H groups in total. The van der Waals surface area contributed by atoms with Crippen LogP contribution in [0.1, 0.15) is 162 Å². The molecule has 0 radical (unpaired) electrons. The van der Waals surface area contributed by atoms with E-state index in [-0.39, 0.29) is 44.2 Å². The van der Waals surface area contributed by atoms with Crippen LogP contribution in [-0.4, -0.2) is 98.2 Å². The van der Waals surface area contributed by atoms with Gasteiger partial charge in [0, 0.05) is 25.2 Å². The molecule has 0 aromatic heterocycles. The third-order valence-corrected chi connectivity index (χ3v) is 11.5. The molecule has 1 saturated carbocycles. The number of quaternary nitrogens is 1. The molecule has 1 rings (SSSR count). The van der Waals surface area contributed by atoms with Gasteiger partial charge in [0.05, 0.1) is 40.0 Å². The number of carbonyl (C=O) groups is 3. The van der Waals surface area contributed by atoms with Gasteiger partial charge in [-0.3, -0.25) is 18.9 Å². The molecule has 0 aromatic rings. The lowest BCUT2D eigenvalue weighted by atomic mass is 9.88. The number of hydrogen-bond acceptors (Lipinski definition) is 11. The number of likely N-dealkylation sites (N-methyl/N-ethyl adjacent to an activating group) is 1. The number of ether oxygens (including phenoxy) is 2. The van der Waals surface area contributed by atoms with E-state index in [1.54, 1.807) is 12.2 Å². The second-order valence-electron chi connectivity index (χ2n) is 17.2. The van der Waals surface area contributed by atoms with Gasteiger partial charge in [-0.1, -0.05) is 121 Å². The number of allylic oxidation sites excluding steroid dienone is 5. The number of esters is 2. The minimum Gasteiger partial charge on any atom is -0.756 e. The topological polar surface area (TPSA) is 169 Å². The molecule has 0 saturated heterocycles. The molecule has 1 unspecified atom stereocenters. The minimum atomic E-state index is -4.70. The number of hydrogen-bond donors (Lipinski definition) is 2. The molecule has 12 nitrogen and oxygen atoms in total. The van der Waals surface area contributed by atoms with Crippen LogP contribution < -0.4 is 4.89 Å². The lowest BCUT2D eigenvalue weighted by Gasteiger charge is -2.28.